The third kappa shape index (κ3) is 13.1. The monoisotopic (exact) mass is 986 g/mol. The van der Waals surface area contributed by atoms with Crippen LogP contribution < -0.4 is 24.2 Å². The van der Waals surface area contributed by atoms with E-state index in [1.165, 1.54) is 38.2 Å². The van der Waals surface area contributed by atoms with Crippen molar-refractivity contribution < 1.29 is 22.6 Å². The second kappa shape index (κ2) is 24.2. The van der Waals surface area contributed by atoms with E-state index in [1.54, 1.807) is 6.26 Å². The summed E-state index contributed by atoms with van der Waals surface area (Å²) in [4.78, 5) is 0. The summed E-state index contributed by atoms with van der Waals surface area (Å²) in [6.07, 6.45) is 22.3. The fourth-order valence-corrected chi connectivity index (χ4v) is 13.0. The van der Waals surface area contributed by atoms with Crippen molar-refractivity contribution in [2.24, 2.45) is 5.92 Å². The molecule has 0 fully saturated rings. The Labute approximate surface area is 422 Å². The molecule has 0 saturated heterocycles. The Morgan fingerprint density at radius 3 is 1.87 bits per heavy atom. The van der Waals surface area contributed by atoms with Gasteiger partial charge in [0.25, 0.3) is 8.38 Å². The lowest BCUT2D eigenvalue weighted by Gasteiger charge is -2.27. The number of allylic oxidation sites excluding steroid dienone is 12. The maximum absolute atomic E-state index is 6.94. The topological polar surface area (TPSA) is 46.2 Å². The molecular formula is C63H57O5P3. The average Bonchev–Trinajstić information content (AvgIpc) is 3.63. The average molecular weight is 987 g/mol. The molecule has 8 aromatic carbocycles. The van der Waals surface area contributed by atoms with Crippen molar-refractivity contribution in [3.8, 4) is 17.2 Å². The molecule has 0 aliphatic heterocycles. The molecule has 0 N–H and O–H groups in total. The molecule has 10 rings (SSSR count). The molecule has 0 heterocycles. The predicted molar refractivity (Wildman–Crippen MR) is 303 cm³/mol. The van der Waals surface area contributed by atoms with E-state index in [9.17, 15) is 0 Å². The van der Waals surface area contributed by atoms with E-state index in [0.29, 0.717) is 23.8 Å². The van der Waals surface area contributed by atoms with Crippen LogP contribution in [0.2, 0.25) is 0 Å². The number of benzene rings is 8. The Hall–Kier alpha value is -6.99. The zero-order chi connectivity index (χ0) is 48.8. The van der Waals surface area contributed by atoms with Gasteiger partial charge in [-0.05, 0) is 132 Å². The highest BCUT2D eigenvalue weighted by Crippen LogP contribution is 2.54. The second-order valence-electron chi connectivity index (χ2n) is 17.2. The third-order valence-corrected chi connectivity index (χ3v) is 16.5. The Kier molecular flexibility index (Phi) is 16.7. The van der Waals surface area contributed by atoms with E-state index in [0.717, 1.165) is 44.7 Å². The maximum atomic E-state index is 6.94. The molecule has 8 aromatic rings. The first-order valence-corrected chi connectivity index (χ1v) is 28.0. The normalized spacial score (nSPS) is 16.9. The number of fused-ring (bicyclic) bond motifs is 3. The van der Waals surface area contributed by atoms with Gasteiger partial charge in [-0.25, -0.2) is 0 Å². The Balaban J connectivity index is 0.000000497. The van der Waals surface area contributed by atoms with Crippen LogP contribution in [-0.4, -0.2) is 6.66 Å². The van der Waals surface area contributed by atoms with Gasteiger partial charge in [-0.3, -0.25) is 0 Å². The molecule has 0 radical (unpaired) electrons. The van der Waals surface area contributed by atoms with E-state index in [1.807, 2.05) is 79.5 Å². The van der Waals surface area contributed by atoms with Gasteiger partial charge in [0.1, 0.15) is 23.0 Å². The van der Waals surface area contributed by atoms with Crippen molar-refractivity contribution in [3.05, 3.63) is 271 Å². The number of rotatable bonds is 14. The van der Waals surface area contributed by atoms with E-state index in [4.69, 9.17) is 22.6 Å². The molecular weight excluding hydrogens is 930 g/mol. The van der Waals surface area contributed by atoms with Crippen molar-refractivity contribution in [1.29, 1.82) is 0 Å². The zero-order valence-corrected chi connectivity index (χ0v) is 43.2. The molecule has 5 nitrogen and oxygen atoms in total. The summed E-state index contributed by atoms with van der Waals surface area (Å²) in [7, 11) is -4.45. The largest absolute Gasteiger partial charge is 0.529 e. The van der Waals surface area contributed by atoms with Crippen LogP contribution in [0.3, 0.4) is 0 Å². The molecule has 2 aliphatic carbocycles. The maximum Gasteiger partial charge on any atom is 0.529 e. The van der Waals surface area contributed by atoms with Crippen molar-refractivity contribution >= 4 is 67.8 Å². The first-order chi connectivity index (χ1) is 34.9. The lowest BCUT2D eigenvalue weighted by Crippen LogP contribution is -2.16. The van der Waals surface area contributed by atoms with Gasteiger partial charge < -0.3 is 22.6 Å². The van der Waals surface area contributed by atoms with E-state index in [2.05, 4.69) is 185 Å². The Bertz CT molecular complexity index is 3330. The third-order valence-electron chi connectivity index (χ3n) is 12.0. The minimum absolute atomic E-state index is 0.475. The van der Waals surface area contributed by atoms with Gasteiger partial charge in [0.05, 0.1) is 6.26 Å². The van der Waals surface area contributed by atoms with Crippen molar-refractivity contribution in [2.45, 2.75) is 33.6 Å². The van der Waals surface area contributed by atoms with Crippen LogP contribution in [0.5, 0.6) is 17.2 Å². The molecule has 0 saturated carbocycles. The number of aryl methyl sites for hydroxylation is 1. The summed E-state index contributed by atoms with van der Waals surface area (Å²) in [6, 6.07) is 62.6. The Morgan fingerprint density at radius 2 is 1.18 bits per heavy atom. The molecule has 4 unspecified atom stereocenters. The molecule has 4 atom stereocenters. The van der Waals surface area contributed by atoms with Crippen LogP contribution >= 0.6 is 24.9 Å². The quantitative estimate of drug-likeness (QED) is 0.0802. The first-order valence-electron chi connectivity index (χ1n) is 23.9. The summed E-state index contributed by atoms with van der Waals surface area (Å²) in [5.41, 5.74) is 3.82. The van der Waals surface area contributed by atoms with Gasteiger partial charge >= 0.3 is 8.60 Å². The summed E-state index contributed by atoms with van der Waals surface area (Å²) in [5, 5.41) is 10.5. The molecule has 2 aliphatic rings. The van der Waals surface area contributed by atoms with Gasteiger partial charge in [0, 0.05) is 17.3 Å². The highest BCUT2D eigenvalue weighted by Gasteiger charge is 2.29. The summed E-state index contributed by atoms with van der Waals surface area (Å²) in [5.74, 6) is 3.40. The SMILES string of the molecule is C/C=C1/C=CC(C)C/C1=C/C=C/OP(OC1=C(P(c2ccccc2)c2ccccc2OP(C)Oc2ccc3ccccc3c2)CC=CC=C1)Oc1ccc2ccccc2c1.Cc1ccc2ccccc2c1. The fraction of sp³-hybridized carbons (Fsp3) is 0.111. The summed E-state index contributed by atoms with van der Waals surface area (Å²) in [6.45, 7) is 8.43. The second-order valence-corrected chi connectivity index (χ2v) is 21.7. The van der Waals surface area contributed by atoms with Crippen molar-refractivity contribution in [3.63, 3.8) is 0 Å². The Morgan fingerprint density at radius 1 is 0.577 bits per heavy atom. The first kappa shape index (κ1) is 49.0. The molecule has 0 aromatic heterocycles. The van der Waals surface area contributed by atoms with E-state index < -0.39 is 24.9 Å². The highest BCUT2D eigenvalue weighted by molar-refractivity contribution is 7.77. The van der Waals surface area contributed by atoms with Gasteiger partial charge in [0.2, 0.25) is 0 Å². The van der Waals surface area contributed by atoms with Crippen LogP contribution in [0.25, 0.3) is 32.3 Å². The van der Waals surface area contributed by atoms with E-state index >= 15 is 0 Å². The predicted octanol–water partition coefficient (Wildman–Crippen LogP) is 18.0. The minimum atomic E-state index is -1.95. The molecule has 0 spiro atoms. The molecule has 354 valence electrons. The highest BCUT2D eigenvalue weighted by atomic mass is 31.2. The molecule has 0 bridgehead atoms. The van der Waals surface area contributed by atoms with Crippen molar-refractivity contribution in [1.82, 2.24) is 0 Å². The lowest BCUT2D eigenvalue weighted by molar-refractivity contribution is 0.314. The summed E-state index contributed by atoms with van der Waals surface area (Å²) >= 11 is 0. The van der Waals surface area contributed by atoms with Crippen molar-refractivity contribution in [2.75, 3.05) is 6.66 Å². The fourth-order valence-electron chi connectivity index (χ4n) is 8.50. The van der Waals surface area contributed by atoms with Crippen LogP contribution in [0.4, 0.5) is 0 Å². The van der Waals surface area contributed by atoms with Gasteiger partial charge in [-0.15, -0.1) is 0 Å². The van der Waals surface area contributed by atoms with Crippen LogP contribution in [0.1, 0.15) is 32.3 Å². The summed E-state index contributed by atoms with van der Waals surface area (Å²) < 4.78 is 33.2. The number of hydrogen-bond acceptors (Lipinski definition) is 5. The van der Waals surface area contributed by atoms with Gasteiger partial charge in [-0.1, -0.05) is 207 Å². The molecule has 71 heavy (non-hydrogen) atoms. The smallest absolute Gasteiger partial charge is 0.439 e. The van der Waals surface area contributed by atoms with Crippen LogP contribution in [-0.2, 0) is 9.05 Å². The standard InChI is InChI=1S/C52H47O5P3.C11H10/c1-4-40-30-29-39(2)36-43(40)22-17-35-53-60(55-47-34-32-42-19-12-14-21-45(42)38-47)57-50-25-9-6-10-27-52(50)59(48-23-7-5-8-24-48)51-28-16-15-26-49(51)56-58(3)54-46-33-31-41-18-11-13-20-44(41)37-46;1-9-6-7-10-4-2-3-5-11(10)8-9/h4-26,28-35,37-39H,27,36H2,1-3H3;2-8H,1H3/b35-17+,40-4-,43-22-;. The molecule has 0 amide bonds. The van der Waals surface area contributed by atoms with E-state index in [-0.39, 0.29) is 0 Å². The molecule has 8 heteroatoms. The van der Waals surface area contributed by atoms with Gasteiger partial charge in [-0.2, -0.15) is 0 Å². The van der Waals surface area contributed by atoms with Crippen LogP contribution in [0.15, 0.2) is 265 Å². The number of para-hydroxylation sites is 1. The zero-order valence-electron chi connectivity index (χ0n) is 40.5. The van der Waals surface area contributed by atoms with Gasteiger partial charge in [0.15, 0.2) is 0 Å². The number of hydrogen-bond donors (Lipinski definition) is 0. The lowest BCUT2D eigenvalue weighted by atomic mass is 9.88. The minimum Gasteiger partial charge on any atom is -0.439 e. The van der Waals surface area contributed by atoms with Crippen LogP contribution in [0, 0.1) is 12.8 Å².